The van der Waals surface area contributed by atoms with Gasteiger partial charge in [0, 0.05) is 117 Å². The molecule has 5 aromatic rings. The number of alkyl halides is 3. The number of carbonyl (C=O) groups excluding carboxylic acids is 1. The number of nitrogens with one attached hydrogen (secondary N) is 2. The molecule has 2 aromatic heterocycles. The van der Waals surface area contributed by atoms with Crippen LogP contribution in [0.3, 0.4) is 0 Å². The molecule has 0 bridgehead atoms. The molecular formula is C41H47Cl2F3N8O2. The lowest BCUT2D eigenvalue weighted by molar-refractivity contribution is -0.274. The van der Waals surface area contributed by atoms with Gasteiger partial charge in [0.1, 0.15) is 11.3 Å². The third-order valence-electron chi connectivity index (χ3n) is 11.1. The number of fused-ring (bicyclic) bond motifs is 1. The van der Waals surface area contributed by atoms with Gasteiger partial charge in [0.2, 0.25) is 11.9 Å². The van der Waals surface area contributed by atoms with Crippen LogP contribution in [-0.2, 0) is 31.5 Å². The quantitative estimate of drug-likeness (QED) is 0.121. The van der Waals surface area contributed by atoms with Gasteiger partial charge in [-0.25, -0.2) is 4.98 Å². The predicted octanol–water partition coefficient (Wildman–Crippen LogP) is 7.33. The predicted molar refractivity (Wildman–Crippen MR) is 215 cm³/mol. The molecule has 3 aromatic carbocycles. The Morgan fingerprint density at radius 3 is 2.30 bits per heavy atom. The van der Waals surface area contributed by atoms with Crippen LogP contribution in [0.1, 0.15) is 30.4 Å². The minimum Gasteiger partial charge on any atom is -0.406 e. The highest BCUT2D eigenvalue weighted by atomic mass is 35.5. The maximum atomic E-state index is 13.9. The number of piperidine rings is 1. The molecule has 15 heteroatoms. The van der Waals surface area contributed by atoms with Gasteiger partial charge in [-0.05, 0) is 79.9 Å². The molecule has 2 aliphatic rings. The van der Waals surface area contributed by atoms with E-state index in [1.54, 1.807) is 18.3 Å². The van der Waals surface area contributed by atoms with Crippen molar-refractivity contribution in [2.75, 3.05) is 57.8 Å². The Kier molecular flexibility index (Phi) is 12.2. The number of piperazine rings is 1. The van der Waals surface area contributed by atoms with E-state index in [0.717, 1.165) is 84.9 Å². The van der Waals surface area contributed by atoms with Gasteiger partial charge >= 0.3 is 6.36 Å². The van der Waals surface area contributed by atoms with Gasteiger partial charge in [-0.15, -0.1) is 13.2 Å². The fourth-order valence-electron chi connectivity index (χ4n) is 8.01. The van der Waals surface area contributed by atoms with Crippen molar-refractivity contribution >= 4 is 46.0 Å². The first-order valence-electron chi connectivity index (χ1n) is 19.0. The summed E-state index contributed by atoms with van der Waals surface area (Å²) >= 11 is 12.9. The Balaban J connectivity index is 1.05. The van der Waals surface area contributed by atoms with E-state index in [4.69, 9.17) is 23.2 Å². The molecular weight excluding hydrogens is 764 g/mol. The van der Waals surface area contributed by atoms with Crippen molar-refractivity contribution in [2.45, 2.75) is 50.8 Å². The zero-order valence-electron chi connectivity index (χ0n) is 31.6. The molecule has 2 aliphatic heterocycles. The fraction of sp³-hybridized carbons (Fsp3) is 0.415. The molecule has 298 valence electrons. The Labute approximate surface area is 335 Å². The summed E-state index contributed by atoms with van der Waals surface area (Å²) in [7, 11) is 3.87. The van der Waals surface area contributed by atoms with Crippen molar-refractivity contribution < 1.29 is 22.7 Å². The van der Waals surface area contributed by atoms with Crippen LogP contribution in [0, 0.1) is 0 Å². The fourth-order valence-corrected chi connectivity index (χ4v) is 8.52. The number of benzene rings is 3. The molecule has 7 rings (SSSR count). The number of hydrogen-bond donors (Lipinski definition) is 2. The molecule has 0 spiro atoms. The highest BCUT2D eigenvalue weighted by Gasteiger charge is 2.44. The van der Waals surface area contributed by atoms with Gasteiger partial charge < -0.3 is 29.4 Å². The topological polar surface area (TPSA) is 82.8 Å². The molecule has 2 N–H and O–H groups in total. The lowest BCUT2D eigenvalue weighted by atomic mass is 9.85. The molecule has 56 heavy (non-hydrogen) atoms. The van der Waals surface area contributed by atoms with Crippen LogP contribution in [0.5, 0.6) is 5.75 Å². The molecule has 0 saturated carbocycles. The highest BCUT2D eigenvalue weighted by Crippen LogP contribution is 2.35. The van der Waals surface area contributed by atoms with Crippen LogP contribution >= 0.6 is 23.2 Å². The van der Waals surface area contributed by atoms with E-state index >= 15 is 0 Å². The van der Waals surface area contributed by atoms with Gasteiger partial charge in [0.05, 0.1) is 0 Å². The zero-order valence-corrected chi connectivity index (χ0v) is 33.1. The van der Waals surface area contributed by atoms with Crippen molar-refractivity contribution in [3.05, 3.63) is 100 Å². The Hall–Kier alpha value is -4.27. The second kappa shape index (κ2) is 17.1. The third kappa shape index (κ3) is 8.97. The number of likely N-dealkylation sites (N-methyl/N-ethyl adjacent to an activating group) is 1. The first-order valence-corrected chi connectivity index (χ1v) is 19.7. The highest BCUT2D eigenvalue weighted by molar-refractivity contribution is 6.36. The van der Waals surface area contributed by atoms with Gasteiger partial charge in [-0.3, -0.25) is 14.6 Å². The second-order valence-corrected chi connectivity index (χ2v) is 15.5. The molecule has 10 nitrogen and oxygen atoms in total. The SMILES string of the molecule is CN(c1nccn1C)C1(C(=O)NCCCn2cc(-c3ccc(OC(F)(F)F)cc3)c3cc(CN4CCN(Cc5c(Cl)cccc5Cl)CC4)ccc32)CCNCC1. The van der Waals surface area contributed by atoms with Gasteiger partial charge in [-0.1, -0.05) is 47.5 Å². The molecule has 0 unspecified atom stereocenters. The number of aryl methyl sites for hydroxylation is 2. The molecule has 0 atom stereocenters. The summed E-state index contributed by atoms with van der Waals surface area (Å²) in [4.78, 5) is 25.2. The Morgan fingerprint density at radius 1 is 0.982 bits per heavy atom. The zero-order chi connectivity index (χ0) is 39.5. The number of hydrogen-bond acceptors (Lipinski definition) is 7. The van der Waals surface area contributed by atoms with E-state index in [0.29, 0.717) is 48.9 Å². The van der Waals surface area contributed by atoms with Crippen molar-refractivity contribution in [1.29, 1.82) is 0 Å². The number of ether oxygens (including phenoxy) is 1. The number of anilines is 1. The first-order chi connectivity index (χ1) is 26.9. The first kappa shape index (κ1) is 39.9. The van der Waals surface area contributed by atoms with Gasteiger partial charge in [0.25, 0.3) is 0 Å². The summed E-state index contributed by atoms with van der Waals surface area (Å²) in [6.07, 6.45) is 2.91. The van der Waals surface area contributed by atoms with Crippen LogP contribution < -0.4 is 20.3 Å². The number of carbonyl (C=O) groups is 1. The van der Waals surface area contributed by atoms with Gasteiger partial charge in [0.15, 0.2) is 0 Å². The minimum atomic E-state index is -4.77. The molecule has 0 radical (unpaired) electrons. The van der Waals surface area contributed by atoms with E-state index in [1.165, 1.54) is 12.1 Å². The maximum Gasteiger partial charge on any atom is 0.573 e. The Bertz CT molecular complexity index is 2100. The molecule has 4 heterocycles. The smallest absolute Gasteiger partial charge is 0.406 e. The largest absolute Gasteiger partial charge is 0.573 e. The van der Waals surface area contributed by atoms with Crippen LogP contribution in [0.4, 0.5) is 19.1 Å². The van der Waals surface area contributed by atoms with E-state index < -0.39 is 11.9 Å². The van der Waals surface area contributed by atoms with Crippen molar-refractivity contribution in [3.8, 4) is 16.9 Å². The summed E-state index contributed by atoms with van der Waals surface area (Å²) in [6, 6.07) is 18.1. The standard InChI is InChI=1S/C41H47Cl2F3N8O2/c1-50-20-18-49-39(50)51(2)40(13-16-47-17-14-40)38(55)48-15-4-19-54-28-33(30-8-10-31(11-9-30)56-41(44,45)46)32-25-29(7-12-37(32)54)26-52-21-23-53(24-22-52)27-34-35(42)5-3-6-36(34)43/h3,5-12,18,20,25,28,47H,4,13-17,19,21-24,26-27H2,1-2H3,(H,48,55). The van der Waals surface area contributed by atoms with Crippen molar-refractivity contribution in [1.82, 2.24) is 34.6 Å². The number of halogens is 5. The molecule has 0 aliphatic carbocycles. The monoisotopic (exact) mass is 810 g/mol. The minimum absolute atomic E-state index is 0.0122. The number of aromatic nitrogens is 3. The summed E-state index contributed by atoms with van der Waals surface area (Å²) in [5.41, 5.74) is 4.09. The van der Waals surface area contributed by atoms with E-state index in [2.05, 4.69) is 59.1 Å². The number of nitrogens with zero attached hydrogens (tertiary/aromatic N) is 6. The lowest BCUT2D eigenvalue weighted by Gasteiger charge is -2.43. The normalized spacial score (nSPS) is 16.6. The number of amides is 1. The number of imidazole rings is 1. The van der Waals surface area contributed by atoms with E-state index in [9.17, 15) is 18.0 Å². The van der Waals surface area contributed by atoms with Crippen molar-refractivity contribution in [3.63, 3.8) is 0 Å². The van der Waals surface area contributed by atoms with Crippen LogP contribution in [0.15, 0.2) is 79.3 Å². The molecule has 1 amide bonds. The molecule has 2 fully saturated rings. The average Bonchev–Trinajstić information content (AvgIpc) is 3.78. The summed E-state index contributed by atoms with van der Waals surface area (Å²) < 4.78 is 47.0. The molecule has 2 saturated heterocycles. The second-order valence-electron chi connectivity index (χ2n) is 14.7. The summed E-state index contributed by atoms with van der Waals surface area (Å²) in [5.74, 6) is 0.464. The van der Waals surface area contributed by atoms with E-state index in [-0.39, 0.29) is 11.7 Å². The van der Waals surface area contributed by atoms with Crippen LogP contribution in [0.25, 0.3) is 22.0 Å². The summed E-state index contributed by atoms with van der Waals surface area (Å²) in [6.45, 7) is 7.58. The third-order valence-corrected chi connectivity index (χ3v) is 11.8. The van der Waals surface area contributed by atoms with E-state index in [1.807, 2.05) is 48.0 Å². The lowest BCUT2D eigenvalue weighted by Crippen LogP contribution is -2.62. The average molecular weight is 812 g/mol. The van der Waals surface area contributed by atoms with Crippen molar-refractivity contribution in [2.24, 2.45) is 7.05 Å². The Morgan fingerprint density at radius 2 is 1.66 bits per heavy atom. The summed E-state index contributed by atoms with van der Waals surface area (Å²) in [5, 5.41) is 8.97. The van der Waals surface area contributed by atoms with Gasteiger partial charge in [-0.2, -0.15) is 0 Å². The maximum absolute atomic E-state index is 13.9. The number of rotatable bonds is 13. The van der Waals surface area contributed by atoms with Crippen LogP contribution in [0.2, 0.25) is 10.0 Å². The van der Waals surface area contributed by atoms with Crippen LogP contribution in [-0.4, -0.2) is 94.6 Å².